The van der Waals surface area contributed by atoms with E-state index in [1.165, 1.54) is 0 Å². The number of hydrogen-bond acceptors (Lipinski definition) is 2. The quantitative estimate of drug-likeness (QED) is 0.891. The van der Waals surface area contributed by atoms with Gasteiger partial charge in [0, 0.05) is 34.7 Å². The molecule has 0 unspecified atom stereocenters. The molecule has 2 fully saturated rings. The van der Waals surface area contributed by atoms with Crippen molar-refractivity contribution in [1.29, 1.82) is 0 Å². The second-order valence-corrected chi connectivity index (χ2v) is 7.64. The second kappa shape index (κ2) is 6.50. The molecule has 1 aromatic rings. The molecule has 2 aliphatic rings. The summed E-state index contributed by atoms with van der Waals surface area (Å²) < 4.78 is 0. The van der Waals surface area contributed by atoms with Crippen molar-refractivity contribution in [2.45, 2.75) is 50.8 Å². The van der Waals surface area contributed by atoms with E-state index in [2.05, 4.69) is 0 Å². The molecular weight excluding hydrogens is 335 g/mol. The number of carbonyl (C=O) groups is 1. The molecule has 23 heavy (non-hydrogen) atoms. The van der Waals surface area contributed by atoms with Crippen molar-refractivity contribution in [2.24, 2.45) is 0 Å². The highest BCUT2D eigenvalue weighted by atomic mass is 35.5. The fourth-order valence-electron chi connectivity index (χ4n) is 3.50. The predicted molar refractivity (Wildman–Crippen MR) is 91.9 cm³/mol. The normalized spacial score (nSPS) is 28.5. The molecule has 0 radical (unpaired) electrons. The van der Waals surface area contributed by atoms with E-state index in [0.29, 0.717) is 23.1 Å². The number of nitrogens with zero attached hydrogens (tertiary/aromatic N) is 2. The van der Waals surface area contributed by atoms with Crippen molar-refractivity contribution < 1.29 is 9.90 Å². The van der Waals surface area contributed by atoms with E-state index in [-0.39, 0.29) is 12.1 Å². The highest BCUT2D eigenvalue weighted by Gasteiger charge is 2.38. The van der Waals surface area contributed by atoms with E-state index < -0.39 is 5.60 Å². The lowest BCUT2D eigenvalue weighted by atomic mass is 9.83. The predicted octanol–water partition coefficient (Wildman–Crippen LogP) is 3.92. The number of urea groups is 1. The van der Waals surface area contributed by atoms with Gasteiger partial charge in [-0.1, -0.05) is 29.3 Å². The van der Waals surface area contributed by atoms with Gasteiger partial charge in [0.05, 0.1) is 12.1 Å². The number of carbonyl (C=O) groups excluding carboxylic acids is 1. The second-order valence-electron chi connectivity index (χ2n) is 6.83. The highest BCUT2D eigenvalue weighted by Crippen LogP contribution is 2.33. The van der Waals surface area contributed by atoms with Crippen LogP contribution in [0.1, 0.15) is 38.2 Å². The maximum atomic E-state index is 12.7. The molecule has 6 heteroatoms. The van der Waals surface area contributed by atoms with Crippen molar-refractivity contribution >= 4 is 29.2 Å². The van der Waals surface area contributed by atoms with Gasteiger partial charge in [0.2, 0.25) is 0 Å². The molecule has 0 atom stereocenters. The van der Waals surface area contributed by atoms with Crippen LogP contribution in [-0.4, -0.2) is 45.7 Å². The molecule has 1 saturated heterocycles. The van der Waals surface area contributed by atoms with Crippen LogP contribution >= 0.6 is 23.2 Å². The molecule has 0 bridgehead atoms. The summed E-state index contributed by atoms with van der Waals surface area (Å²) in [6.07, 6.45) is 3.22. The zero-order chi connectivity index (χ0) is 16.6. The summed E-state index contributed by atoms with van der Waals surface area (Å²) in [6.45, 7) is 3.74. The molecule has 0 aromatic heterocycles. The number of hydrogen-bond donors (Lipinski definition) is 1. The number of rotatable bonds is 3. The first-order valence-electron chi connectivity index (χ1n) is 8.08. The van der Waals surface area contributed by atoms with Crippen LogP contribution in [0.15, 0.2) is 18.2 Å². The Bertz CT molecular complexity index is 576. The largest absolute Gasteiger partial charge is 0.390 e. The topological polar surface area (TPSA) is 43.8 Å². The van der Waals surface area contributed by atoms with Gasteiger partial charge in [0.1, 0.15) is 0 Å². The molecule has 4 nitrogen and oxygen atoms in total. The van der Waals surface area contributed by atoms with Crippen LogP contribution in [0.4, 0.5) is 4.79 Å². The zero-order valence-electron chi connectivity index (χ0n) is 13.3. The third-order valence-electron chi connectivity index (χ3n) is 5.01. The summed E-state index contributed by atoms with van der Waals surface area (Å²) in [5, 5.41) is 11.3. The summed E-state index contributed by atoms with van der Waals surface area (Å²) in [7, 11) is 0. The Balaban J connectivity index is 1.65. The number of halogens is 2. The Hall–Kier alpha value is -0.970. The van der Waals surface area contributed by atoms with Gasteiger partial charge in [0.25, 0.3) is 0 Å². The molecule has 1 heterocycles. The van der Waals surface area contributed by atoms with Gasteiger partial charge in [0.15, 0.2) is 0 Å². The minimum atomic E-state index is -0.579. The van der Waals surface area contributed by atoms with E-state index in [1.807, 2.05) is 11.8 Å². The Morgan fingerprint density at radius 1 is 1.22 bits per heavy atom. The van der Waals surface area contributed by atoms with E-state index in [0.717, 1.165) is 37.8 Å². The minimum Gasteiger partial charge on any atom is -0.390 e. The Morgan fingerprint density at radius 2 is 1.83 bits per heavy atom. The summed E-state index contributed by atoms with van der Waals surface area (Å²) in [5.41, 5.74) is 0.224. The minimum absolute atomic E-state index is 0.0486. The fraction of sp³-hybridized carbons (Fsp3) is 0.588. The van der Waals surface area contributed by atoms with Crippen molar-refractivity contribution in [1.82, 2.24) is 9.80 Å². The van der Waals surface area contributed by atoms with Crippen LogP contribution in [0.3, 0.4) is 0 Å². The molecular formula is C17H22Cl2N2O2. The van der Waals surface area contributed by atoms with Crippen LogP contribution < -0.4 is 0 Å². The molecule has 2 amide bonds. The molecule has 126 valence electrons. The van der Waals surface area contributed by atoms with E-state index in [9.17, 15) is 9.90 Å². The van der Waals surface area contributed by atoms with Gasteiger partial charge in [-0.05, 0) is 44.7 Å². The third-order valence-corrected chi connectivity index (χ3v) is 5.72. The van der Waals surface area contributed by atoms with Gasteiger partial charge in [-0.3, -0.25) is 0 Å². The summed E-state index contributed by atoms with van der Waals surface area (Å²) in [5.74, 6) is 0. The van der Waals surface area contributed by atoms with E-state index in [4.69, 9.17) is 23.2 Å². The van der Waals surface area contributed by atoms with Crippen LogP contribution in [0.5, 0.6) is 0 Å². The van der Waals surface area contributed by atoms with Gasteiger partial charge < -0.3 is 14.9 Å². The van der Waals surface area contributed by atoms with E-state index in [1.54, 1.807) is 23.1 Å². The first-order valence-corrected chi connectivity index (χ1v) is 8.84. The molecule has 0 spiro atoms. The van der Waals surface area contributed by atoms with Gasteiger partial charge in [-0.15, -0.1) is 0 Å². The SMILES string of the molecule is CC1(O)CCC(N2CCN(Cc3c(Cl)cccc3Cl)C2=O)CC1. The lowest BCUT2D eigenvalue weighted by Crippen LogP contribution is -2.44. The molecule has 1 aromatic carbocycles. The van der Waals surface area contributed by atoms with Crippen molar-refractivity contribution in [3.8, 4) is 0 Å². The third kappa shape index (κ3) is 3.59. The Morgan fingerprint density at radius 3 is 2.43 bits per heavy atom. The van der Waals surface area contributed by atoms with Crippen molar-refractivity contribution in [3.05, 3.63) is 33.8 Å². The fourth-order valence-corrected chi connectivity index (χ4v) is 4.01. The summed E-state index contributed by atoms with van der Waals surface area (Å²) >= 11 is 12.4. The lowest BCUT2D eigenvalue weighted by Gasteiger charge is -2.37. The summed E-state index contributed by atoms with van der Waals surface area (Å²) in [4.78, 5) is 16.4. The van der Waals surface area contributed by atoms with Crippen LogP contribution in [0.25, 0.3) is 0 Å². The van der Waals surface area contributed by atoms with Crippen molar-refractivity contribution in [3.63, 3.8) is 0 Å². The number of aliphatic hydroxyl groups is 1. The first-order chi connectivity index (χ1) is 10.9. The standard InChI is InChI=1S/C17H22Cl2N2O2/c1-17(23)7-5-12(6-8-17)21-10-9-20(16(21)22)11-13-14(18)3-2-4-15(13)19/h2-4,12,23H,5-11H2,1H3. The van der Waals surface area contributed by atoms with Crippen molar-refractivity contribution in [2.75, 3.05) is 13.1 Å². The van der Waals surface area contributed by atoms with Crippen LogP contribution in [0.2, 0.25) is 10.0 Å². The average Bonchev–Trinajstić information content (AvgIpc) is 2.84. The lowest BCUT2D eigenvalue weighted by molar-refractivity contribution is 0.00263. The maximum Gasteiger partial charge on any atom is 0.320 e. The van der Waals surface area contributed by atoms with Gasteiger partial charge in [-0.25, -0.2) is 4.79 Å². The molecule has 1 saturated carbocycles. The highest BCUT2D eigenvalue weighted by molar-refractivity contribution is 6.36. The molecule has 1 N–H and O–H groups in total. The van der Waals surface area contributed by atoms with Gasteiger partial charge in [-0.2, -0.15) is 0 Å². The molecule has 1 aliphatic carbocycles. The number of benzene rings is 1. The van der Waals surface area contributed by atoms with Gasteiger partial charge >= 0.3 is 6.03 Å². The monoisotopic (exact) mass is 356 g/mol. The Labute approximate surface area is 147 Å². The van der Waals surface area contributed by atoms with Crippen LogP contribution in [-0.2, 0) is 6.54 Å². The zero-order valence-corrected chi connectivity index (χ0v) is 14.8. The first kappa shape index (κ1) is 16.9. The number of amides is 2. The maximum absolute atomic E-state index is 12.7. The summed E-state index contributed by atoms with van der Waals surface area (Å²) in [6, 6.07) is 5.68. The smallest absolute Gasteiger partial charge is 0.320 e. The van der Waals surface area contributed by atoms with E-state index >= 15 is 0 Å². The average molecular weight is 357 g/mol. The molecule has 1 aliphatic heterocycles. The van der Waals surface area contributed by atoms with Crippen LogP contribution in [0, 0.1) is 0 Å². The molecule has 3 rings (SSSR count). The Kier molecular flexibility index (Phi) is 4.77.